The number of hydrogen-bond acceptors (Lipinski definition) is 6. The smallest absolute Gasteiger partial charge is 0.271 e. The van der Waals surface area contributed by atoms with Gasteiger partial charge in [-0.05, 0) is 19.9 Å². The highest BCUT2D eigenvalue weighted by atomic mass is 16.5. The molecular weight excluding hydrogens is 296 g/mol. The van der Waals surface area contributed by atoms with Crippen molar-refractivity contribution in [2.24, 2.45) is 0 Å². The number of H-pyrrole nitrogens is 1. The van der Waals surface area contributed by atoms with Crippen LogP contribution >= 0.6 is 0 Å². The van der Waals surface area contributed by atoms with E-state index in [2.05, 4.69) is 25.1 Å². The molecule has 0 unspecified atom stereocenters. The molecular formula is C15H20N6O2. The van der Waals surface area contributed by atoms with Gasteiger partial charge < -0.3 is 14.5 Å². The van der Waals surface area contributed by atoms with E-state index in [1.807, 2.05) is 24.8 Å². The molecule has 122 valence electrons. The van der Waals surface area contributed by atoms with Crippen molar-refractivity contribution in [1.82, 2.24) is 25.1 Å². The molecule has 1 N–H and O–H groups in total. The normalized spacial score (nSPS) is 14.9. The molecule has 8 nitrogen and oxygen atoms in total. The highest BCUT2D eigenvalue weighted by molar-refractivity contribution is 5.92. The van der Waals surface area contributed by atoms with Crippen LogP contribution in [0.4, 0.5) is 5.95 Å². The Kier molecular flexibility index (Phi) is 4.40. The third-order valence-electron chi connectivity index (χ3n) is 3.69. The van der Waals surface area contributed by atoms with Gasteiger partial charge in [0.2, 0.25) is 11.8 Å². The number of hydrogen-bond donors (Lipinski definition) is 1. The van der Waals surface area contributed by atoms with Gasteiger partial charge in [0.05, 0.1) is 6.61 Å². The zero-order valence-electron chi connectivity index (χ0n) is 13.3. The van der Waals surface area contributed by atoms with E-state index < -0.39 is 0 Å². The zero-order valence-corrected chi connectivity index (χ0v) is 13.3. The summed E-state index contributed by atoms with van der Waals surface area (Å²) in [6.45, 7) is 7.05. The maximum Gasteiger partial charge on any atom is 0.271 e. The Balaban J connectivity index is 1.66. The van der Waals surface area contributed by atoms with Crippen molar-refractivity contribution in [1.29, 1.82) is 0 Å². The van der Waals surface area contributed by atoms with E-state index in [1.54, 1.807) is 12.3 Å². The highest BCUT2D eigenvalue weighted by Crippen LogP contribution is 2.17. The van der Waals surface area contributed by atoms with Crippen LogP contribution in [0.3, 0.4) is 0 Å². The molecule has 3 heterocycles. The second kappa shape index (κ2) is 6.64. The molecule has 1 amide bonds. The summed E-state index contributed by atoms with van der Waals surface area (Å²) in [5.41, 5.74) is 1.39. The van der Waals surface area contributed by atoms with Crippen LogP contribution in [0.15, 0.2) is 18.3 Å². The molecule has 0 aliphatic carbocycles. The monoisotopic (exact) mass is 316 g/mol. The molecule has 23 heavy (non-hydrogen) atoms. The summed E-state index contributed by atoms with van der Waals surface area (Å²) in [5, 5.41) is 6.53. The van der Waals surface area contributed by atoms with Gasteiger partial charge in [0.15, 0.2) is 0 Å². The minimum Gasteiger partial charge on any atom is -0.478 e. The number of aromatic amines is 1. The van der Waals surface area contributed by atoms with Gasteiger partial charge in [0.1, 0.15) is 5.69 Å². The quantitative estimate of drug-likeness (QED) is 0.900. The summed E-state index contributed by atoms with van der Waals surface area (Å²) in [7, 11) is 0. The fourth-order valence-electron chi connectivity index (χ4n) is 2.54. The average Bonchev–Trinajstić information content (AvgIpc) is 3.08. The van der Waals surface area contributed by atoms with Gasteiger partial charge in [-0.15, -0.1) is 0 Å². The minimum atomic E-state index is -0.0256. The second-order valence-corrected chi connectivity index (χ2v) is 5.33. The summed E-state index contributed by atoms with van der Waals surface area (Å²) in [5.74, 6) is 1.22. The molecule has 3 rings (SSSR count). The molecule has 0 spiro atoms. The highest BCUT2D eigenvalue weighted by Gasteiger charge is 2.24. The van der Waals surface area contributed by atoms with E-state index in [0.717, 1.165) is 5.69 Å². The van der Waals surface area contributed by atoms with Gasteiger partial charge in [0, 0.05) is 44.1 Å². The number of rotatable bonds is 4. The number of aryl methyl sites for hydroxylation is 1. The van der Waals surface area contributed by atoms with E-state index in [4.69, 9.17) is 4.74 Å². The summed E-state index contributed by atoms with van der Waals surface area (Å²) >= 11 is 0. The van der Waals surface area contributed by atoms with Gasteiger partial charge in [-0.1, -0.05) is 0 Å². The lowest BCUT2D eigenvalue weighted by Gasteiger charge is -2.34. The van der Waals surface area contributed by atoms with E-state index in [9.17, 15) is 4.79 Å². The number of anilines is 1. The van der Waals surface area contributed by atoms with Crippen LogP contribution in [-0.2, 0) is 0 Å². The summed E-state index contributed by atoms with van der Waals surface area (Å²) in [6.07, 6.45) is 1.58. The number of carbonyl (C=O) groups is 1. The number of nitrogens with one attached hydrogen (secondary N) is 1. The molecule has 0 bridgehead atoms. The lowest BCUT2D eigenvalue weighted by molar-refractivity contribution is 0.0740. The predicted octanol–water partition coefficient (Wildman–Crippen LogP) is 0.869. The van der Waals surface area contributed by atoms with Crippen molar-refractivity contribution in [3.8, 4) is 5.88 Å². The van der Waals surface area contributed by atoms with Gasteiger partial charge in [-0.2, -0.15) is 10.1 Å². The minimum absolute atomic E-state index is 0.0256. The largest absolute Gasteiger partial charge is 0.478 e. The van der Waals surface area contributed by atoms with Crippen LogP contribution < -0.4 is 9.64 Å². The molecule has 2 aromatic rings. The third kappa shape index (κ3) is 3.41. The van der Waals surface area contributed by atoms with Crippen LogP contribution in [0.25, 0.3) is 0 Å². The topological polar surface area (TPSA) is 87.2 Å². The molecule has 8 heteroatoms. The van der Waals surface area contributed by atoms with E-state index >= 15 is 0 Å². The molecule has 1 aliphatic heterocycles. The van der Waals surface area contributed by atoms with Gasteiger partial charge in [0.25, 0.3) is 5.91 Å². The Hall–Kier alpha value is -2.64. The SMILES string of the molecule is CCOc1cc(C)nc(N2CCN(C(=O)c3ccn[nH]3)CC2)n1. The van der Waals surface area contributed by atoms with Crippen molar-refractivity contribution < 1.29 is 9.53 Å². The Morgan fingerprint density at radius 3 is 2.74 bits per heavy atom. The maximum absolute atomic E-state index is 12.3. The van der Waals surface area contributed by atoms with Crippen LogP contribution in [0.5, 0.6) is 5.88 Å². The molecule has 0 atom stereocenters. The van der Waals surface area contributed by atoms with Gasteiger partial charge in [-0.25, -0.2) is 4.98 Å². The maximum atomic E-state index is 12.3. The first kappa shape index (κ1) is 15.3. The molecule has 1 aliphatic rings. The van der Waals surface area contributed by atoms with Crippen LogP contribution in [-0.4, -0.2) is 63.8 Å². The van der Waals surface area contributed by atoms with Crippen molar-refractivity contribution in [2.45, 2.75) is 13.8 Å². The molecule has 0 aromatic carbocycles. The fraction of sp³-hybridized carbons (Fsp3) is 0.467. The lowest BCUT2D eigenvalue weighted by Crippen LogP contribution is -2.49. The molecule has 1 saturated heterocycles. The Morgan fingerprint density at radius 2 is 2.09 bits per heavy atom. The van der Waals surface area contributed by atoms with Crippen LogP contribution in [0.2, 0.25) is 0 Å². The number of carbonyl (C=O) groups excluding carboxylic acids is 1. The predicted molar refractivity (Wildman–Crippen MR) is 84.6 cm³/mol. The number of piperazine rings is 1. The molecule has 0 radical (unpaired) electrons. The molecule has 2 aromatic heterocycles. The number of nitrogens with zero attached hydrogens (tertiary/aromatic N) is 5. The van der Waals surface area contributed by atoms with Crippen LogP contribution in [0.1, 0.15) is 23.1 Å². The number of aromatic nitrogens is 4. The Bertz CT molecular complexity index is 665. The Labute approximate surface area is 134 Å². The van der Waals surface area contributed by atoms with E-state index in [-0.39, 0.29) is 5.91 Å². The molecule has 1 fully saturated rings. The second-order valence-electron chi connectivity index (χ2n) is 5.33. The number of ether oxygens (including phenoxy) is 1. The number of amides is 1. The zero-order chi connectivity index (χ0) is 16.2. The first-order valence-corrected chi connectivity index (χ1v) is 7.69. The summed E-state index contributed by atoms with van der Waals surface area (Å²) < 4.78 is 5.47. The van der Waals surface area contributed by atoms with Crippen molar-refractivity contribution >= 4 is 11.9 Å². The third-order valence-corrected chi connectivity index (χ3v) is 3.69. The first-order chi connectivity index (χ1) is 11.2. The average molecular weight is 316 g/mol. The van der Waals surface area contributed by atoms with Gasteiger partial charge >= 0.3 is 0 Å². The Morgan fingerprint density at radius 1 is 1.30 bits per heavy atom. The fourth-order valence-corrected chi connectivity index (χ4v) is 2.54. The van der Waals surface area contributed by atoms with Crippen molar-refractivity contribution in [3.05, 3.63) is 29.7 Å². The lowest BCUT2D eigenvalue weighted by atomic mass is 10.3. The van der Waals surface area contributed by atoms with E-state index in [0.29, 0.717) is 50.3 Å². The van der Waals surface area contributed by atoms with Crippen molar-refractivity contribution in [3.63, 3.8) is 0 Å². The van der Waals surface area contributed by atoms with Gasteiger partial charge in [-0.3, -0.25) is 9.89 Å². The van der Waals surface area contributed by atoms with Crippen molar-refractivity contribution in [2.75, 3.05) is 37.7 Å². The van der Waals surface area contributed by atoms with E-state index in [1.165, 1.54) is 0 Å². The standard InChI is InChI=1S/C15H20N6O2/c1-3-23-13-10-11(2)17-15(18-13)21-8-6-20(7-9-21)14(22)12-4-5-16-19-12/h4-5,10H,3,6-9H2,1-2H3,(H,16,19). The first-order valence-electron chi connectivity index (χ1n) is 7.69. The molecule has 0 saturated carbocycles. The van der Waals surface area contributed by atoms with Crippen LogP contribution in [0, 0.1) is 6.92 Å². The summed E-state index contributed by atoms with van der Waals surface area (Å²) in [4.78, 5) is 25.1. The summed E-state index contributed by atoms with van der Waals surface area (Å²) in [6, 6.07) is 3.51.